The molecule has 1 aromatic rings. The Morgan fingerprint density at radius 2 is 1.88 bits per heavy atom. The summed E-state index contributed by atoms with van der Waals surface area (Å²) >= 11 is 8.08. The summed E-state index contributed by atoms with van der Waals surface area (Å²) in [6, 6.07) is 7.74. The molecule has 2 rings (SSSR count). The summed E-state index contributed by atoms with van der Waals surface area (Å²) in [5.41, 5.74) is 0.787. The minimum atomic E-state index is 0.148. The molecule has 1 amide bonds. The van der Waals surface area contributed by atoms with Crippen molar-refractivity contribution in [1.82, 2.24) is 4.90 Å². The van der Waals surface area contributed by atoms with Crippen LogP contribution in [0.3, 0.4) is 0 Å². The zero-order valence-corrected chi connectivity index (χ0v) is 12.4. The molecule has 92 valence electrons. The van der Waals surface area contributed by atoms with Crippen molar-refractivity contribution in [3.63, 3.8) is 0 Å². The zero-order valence-electron chi connectivity index (χ0n) is 9.53. The van der Waals surface area contributed by atoms with E-state index in [0.29, 0.717) is 11.8 Å². The number of carbonyl (C=O) groups excluding carboxylic acids is 1. The first-order valence-corrected chi connectivity index (χ1v) is 7.43. The van der Waals surface area contributed by atoms with Crippen LogP contribution in [-0.4, -0.2) is 29.8 Å². The number of nitrogens with zero attached hydrogens (tertiary/aromatic N) is 1. The molecular weight excluding hydrogens is 349 g/mol. The normalized spacial score (nSPS) is 17.2. The maximum Gasteiger partial charge on any atom is 0.253 e. The Morgan fingerprint density at radius 1 is 1.29 bits per heavy atom. The molecule has 0 aliphatic carbocycles. The van der Waals surface area contributed by atoms with Crippen LogP contribution in [0.2, 0.25) is 0 Å². The minimum Gasteiger partial charge on any atom is -0.339 e. The first-order valence-electron chi connectivity index (χ1n) is 5.81. The molecule has 0 atom stereocenters. The highest BCUT2D eigenvalue weighted by Gasteiger charge is 2.22. The topological polar surface area (TPSA) is 20.3 Å². The second kappa shape index (κ2) is 6.05. The Morgan fingerprint density at radius 3 is 2.41 bits per heavy atom. The number of rotatable bonds is 2. The van der Waals surface area contributed by atoms with E-state index in [9.17, 15) is 4.79 Å². The maximum absolute atomic E-state index is 12.2. The number of hydrogen-bond acceptors (Lipinski definition) is 1. The molecule has 17 heavy (non-hydrogen) atoms. The SMILES string of the molecule is O=C(c1ccc(I)cc1)N1CCC(CCl)CC1. The van der Waals surface area contributed by atoms with Gasteiger partial charge in [-0.1, -0.05) is 0 Å². The van der Waals surface area contributed by atoms with Crippen molar-refractivity contribution in [3.8, 4) is 0 Å². The number of alkyl halides is 1. The van der Waals surface area contributed by atoms with Crippen LogP contribution < -0.4 is 0 Å². The quantitative estimate of drug-likeness (QED) is 0.583. The van der Waals surface area contributed by atoms with Crippen molar-refractivity contribution in [2.24, 2.45) is 5.92 Å². The third-order valence-electron chi connectivity index (χ3n) is 3.21. The van der Waals surface area contributed by atoms with Gasteiger partial charge in [-0.3, -0.25) is 4.79 Å². The Hall–Kier alpha value is -0.290. The van der Waals surface area contributed by atoms with Gasteiger partial charge in [0, 0.05) is 28.1 Å². The fraction of sp³-hybridized carbons (Fsp3) is 0.462. The predicted octanol–water partition coefficient (Wildman–Crippen LogP) is 3.38. The van der Waals surface area contributed by atoms with Gasteiger partial charge < -0.3 is 4.90 Å². The number of likely N-dealkylation sites (tertiary alicyclic amines) is 1. The first kappa shape index (κ1) is 13.1. The van der Waals surface area contributed by atoms with Crippen molar-refractivity contribution in [2.45, 2.75) is 12.8 Å². The van der Waals surface area contributed by atoms with Gasteiger partial charge in [-0.25, -0.2) is 0 Å². The van der Waals surface area contributed by atoms with Gasteiger partial charge in [0.05, 0.1) is 0 Å². The summed E-state index contributed by atoms with van der Waals surface area (Å²) < 4.78 is 1.15. The zero-order chi connectivity index (χ0) is 12.3. The Kier molecular flexibility index (Phi) is 4.68. The lowest BCUT2D eigenvalue weighted by molar-refractivity contribution is 0.0698. The summed E-state index contributed by atoms with van der Waals surface area (Å²) in [7, 11) is 0. The number of amides is 1. The van der Waals surface area contributed by atoms with Crippen molar-refractivity contribution >= 4 is 40.1 Å². The van der Waals surface area contributed by atoms with Crippen molar-refractivity contribution in [1.29, 1.82) is 0 Å². The molecule has 4 heteroatoms. The van der Waals surface area contributed by atoms with Crippen LogP contribution in [0.15, 0.2) is 24.3 Å². The van der Waals surface area contributed by atoms with E-state index in [0.717, 1.165) is 35.1 Å². The van der Waals surface area contributed by atoms with Gasteiger partial charge in [-0.15, -0.1) is 11.6 Å². The highest BCUT2D eigenvalue weighted by molar-refractivity contribution is 14.1. The monoisotopic (exact) mass is 363 g/mol. The second-order valence-electron chi connectivity index (χ2n) is 4.40. The Bertz CT molecular complexity index is 385. The van der Waals surface area contributed by atoms with E-state index in [4.69, 9.17) is 11.6 Å². The average Bonchev–Trinajstić information content (AvgIpc) is 2.39. The van der Waals surface area contributed by atoms with Gasteiger partial charge in [0.1, 0.15) is 0 Å². The molecule has 1 saturated heterocycles. The molecule has 1 heterocycles. The summed E-state index contributed by atoms with van der Waals surface area (Å²) in [4.78, 5) is 14.1. The van der Waals surface area contributed by atoms with Gasteiger partial charge in [-0.05, 0) is 65.6 Å². The Labute approximate surface area is 120 Å². The molecule has 1 aliphatic rings. The van der Waals surface area contributed by atoms with Crippen LogP contribution in [0, 0.1) is 9.49 Å². The van der Waals surface area contributed by atoms with Gasteiger partial charge in [0.25, 0.3) is 5.91 Å². The van der Waals surface area contributed by atoms with Crippen LogP contribution in [-0.2, 0) is 0 Å². The third-order valence-corrected chi connectivity index (χ3v) is 4.37. The standard InChI is InChI=1S/C13H15ClINO/c14-9-10-5-7-16(8-6-10)13(17)11-1-3-12(15)4-2-11/h1-4,10H,5-9H2. The predicted molar refractivity (Wildman–Crippen MR) is 78.5 cm³/mol. The van der Waals surface area contributed by atoms with Gasteiger partial charge in [-0.2, -0.15) is 0 Å². The minimum absolute atomic E-state index is 0.148. The molecule has 1 aliphatic heterocycles. The van der Waals surface area contributed by atoms with Gasteiger partial charge in [0.2, 0.25) is 0 Å². The molecule has 0 N–H and O–H groups in total. The smallest absolute Gasteiger partial charge is 0.253 e. The molecule has 0 aromatic heterocycles. The van der Waals surface area contributed by atoms with Crippen molar-refractivity contribution < 1.29 is 4.79 Å². The summed E-state index contributed by atoms with van der Waals surface area (Å²) in [5, 5.41) is 0. The number of piperidine rings is 1. The van der Waals surface area contributed by atoms with E-state index in [1.165, 1.54) is 0 Å². The second-order valence-corrected chi connectivity index (χ2v) is 5.95. The molecule has 0 bridgehead atoms. The molecule has 0 radical (unpaired) electrons. The van der Waals surface area contributed by atoms with E-state index < -0.39 is 0 Å². The molecule has 1 fully saturated rings. The van der Waals surface area contributed by atoms with E-state index in [1.807, 2.05) is 29.2 Å². The van der Waals surface area contributed by atoms with E-state index in [-0.39, 0.29) is 5.91 Å². The number of carbonyl (C=O) groups is 1. The molecule has 0 unspecified atom stereocenters. The van der Waals surface area contributed by atoms with Crippen molar-refractivity contribution in [3.05, 3.63) is 33.4 Å². The lowest BCUT2D eigenvalue weighted by Crippen LogP contribution is -2.38. The van der Waals surface area contributed by atoms with Gasteiger partial charge >= 0.3 is 0 Å². The molecule has 2 nitrogen and oxygen atoms in total. The average molecular weight is 364 g/mol. The summed E-state index contributed by atoms with van der Waals surface area (Å²) in [6.45, 7) is 1.67. The third kappa shape index (κ3) is 3.35. The number of benzene rings is 1. The van der Waals surface area contributed by atoms with Crippen LogP contribution >= 0.6 is 34.2 Å². The van der Waals surface area contributed by atoms with E-state index >= 15 is 0 Å². The Balaban J connectivity index is 1.99. The van der Waals surface area contributed by atoms with E-state index in [1.54, 1.807) is 0 Å². The molecular formula is C13H15ClINO. The fourth-order valence-corrected chi connectivity index (χ4v) is 2.73. The highest BCUT2D eigenvalue weighted by atomic mass is 127. The molecule has 0 saturated carbocycles. The summed E-state index contributed by atoms with van der Waals surface area (Å²) in [6.07, 6.45) is 2.05. The van der Waals surface area contributed by atoms with Gasteiger partial charge in [0.15, 0.2) is 0 Å². The highest BCUT2D eigenvalue weighted by Crippen LogP contribution is 2.20. The number of halogens is 2. The first-order chi connectivity index (χ1) is 8.20. The van der Waals surface area contributed by atoms with Crippen LogP contribution in [0.5, 0.6) is 0 Å². The fourth-order valence-electron chi connectivity index (χ4n) is 2.07. The summed E-state index contributed by atoms with van der Waals surface area (Å²) in [5.74, 6) is 1.44. The van der Waals surface area contributed by atoms with Crippen LogP contribution in [0.25, 0.3) is 0 Å². The van der Waals surface area contributed by atoms with E-state index in [2.05, 4.69) is 22.6 Å². The molecule has 0 spiro atoms. The van der Waals surface area contributed by atoms with Crippen molar-refractivity contribution in [2.75, 3.05) is 19.0 Å². The maximum atomic E-state index is 12.2. The lowest BCUT2D eigenvalue weighted by atomic mass is 9.98. The number of hydrogen-bond donors (Lipinski definition) is 0. The van der Waals surface area contributed by atoms with Crippen LogP contribution in [0.4, 0.5) is 0 Å². The molecule has 1 aromatic carbocycles. The lowest BCUT2D eigenvalue weighted by Gasteiger charge is -2.31. The van der Waals surface area contributed by atoms with Crippen LogP contribution in [0.1, 0.15) is 23.2 Å². The largest absolute Gasteiger partial charge is 0.339 e.